The van der Waals surface area contributed by atoms with E-state index in [2.05, 4.69) is 101 Å². The number of nitrogens with one attached hydrogen (secondary N) is 1. The summed E-state index contributed by atoms with van der Waals surface area (Å²) in [6, 6.07) is 0. The van der Waals surface area contributed by atoms with Gasteiger partial charge in [0, 0.05) is 16.7 Å². The second-order valence-electron chi connectivity index (χ2n) is 14.7. The molecule has 0 aromatic carbocycles. The second-order valence-corrected chi connectivity index (χ2v) is 17.4. The molecule has 4 aliphatic carbocycles. The molecule has 0 amide bonds. The van der Waals surface area contributed by atoms with Crippen molar-refractivity contribution >= 4 is 21.6 Å². The minimum absolute atomic E-state index is 0.479. The molecule has 3 fully saturated rings. The van der Waals surface area contributed by atoms with Crippen molar-refractivity contribution in [2.75, 3.05) is 5.75 Å². The fourth-order valence-electron chi connectivity index (χ4n) is 9.37. The maximum Gasteiger partial charge on any atom is 0.0436 e. The molecule has 0 aliphatic heterocycles. The predicted molar refractivity (Wildman–Crippen MR) is 173 cm³/mol. The van der Waals surface area contributed by atoms with Gasteiger partial charge >= 0.3 is 0 Å². The Labute approximate surface area is 244 Å². The fraction of sp³-hybridized carbons (Fsp3) is 0.829. The van der Waals surface area contributed by atoms with Crippen molar-refractivity contribution in [2.24, 2.45) is 46.3 Å². The van der Waals surface area contributed by atoms with Gasteiger partial charge in [-0.15, -0.1) is 0 Å². The third-order valence-corrected chi connectivity index (χ3v) is 14.4. The molecule has 1 N–H and O–H groups in total. The Morgan fingerprint density at radius 3 is 2.55 bits per heavy atom. The Morgan fingerprint density at radius 1 is 1.05 bits per heavy atom. The van der Waals surface area contributed by atoms with Gasteiger partial charge in [0.2, 0.25) is 0 Å². The molecular weight excluding hydrogens is 499 g/mol. The molecule has 3 saturated carbocycles. The second kappa shape index (κ2) is 13.1. The Kier molecular flexibility index (Phi) is 10.6. The highest BCUT2D eigenvalue weighted by Crippen LogP contribution is 2.67. The SMILES string of the molecule is C/C=C(/CSSC1CCC2(C)C(=CCC3C2CCC2(C)C(C(C)CCCC(C)C)CCC32)C1)NC=C(C)C. The van der Waals surface area contributed by atoms with Crippen molar-refractivity contribution in [1.82, 2.24) is 5.32 Å². The lowest BCUT2D eigenvalue weighted by atomic mass is 9.47. The summed E-state index contributed by atoms with van der Waals surface area (Å²) in [4.78, 5) is 0. The van der Waals surface area contributed by atoms with Gasteiger partial charge < -0.3 is 5.32 Å². The highest BCUT2D eigenvalue weighted by Gasteiger charge is 2.59. The van der Waals surface area contributed by atoms with Gasteiger partial charge in [-0.25, -0.2) is 0 Å². The summed E-state index contributed by atoms with van der Waals surface area (Å²) in [5.74, 6) is 6.68. The average molecular weight is 558 g/mol. The zero-order valence-electron chi connectivity index (χ0n) is 26.1. The summed E-state index contributed by atoms with van der Waals surface area (Å²) in [6.45, 7) is 19.3. The summed E-state index contributed by atoms with van der Waals surface area (Å²) < 4.78 is 0. The van der Waals surface area contributed by atoms with Gasteiger partial charge in [-0.05, 0) is 125 Å². The highest BCUT2D eigenvalue weighted by atomic mass is 33.1. The molecule has 0 bridgehead atoms. The highest BCUT2D eigenvalue weighted by molar-refractivity contribution is 8.77. The number of hydrogen-bond donors (Lipinski definition) is 1. The first-order valence-corrected chi connectivity index (χ1v) is 18.5. The van der Waals surface area contributed by atoms with E-state index in [1.165, 1.54) is 81.9 Å². The molecule has 38 heavy (non-hydrogen) atoms. The van der Waals surface area contributed by atoms with Crippen LogP contribution in [0, 0.1) is 46.3 Å². The van der Waals surface area contributed by atoms with E-state index in [9.17, 15) is 0 Å². The Balaban J connectivity index is 1.35. The van der Waals surface area contributed by atoms with Crippen LogP contribution in [0.15, 0.2) is 35.2 Å². The number of rotatable bonds is 11. The molecule has 0 heterocycles. The van der Waals surface area contributed by atoms with Crippen LogP contribution in [0.5, 0.6) is 0 Å². The summed E-state index contributed by atoms with van der Waals surface area (Å²) in [5, 5.41) is 4.27. The van der Waals surface area contributed by atoms with Crippen molar-refractivity contribution in [1.29, 1.82) is 0 Å². The number of allylic oxidation sites excluding steroid dienone is 4. The lowest BCUT2D eigenvalue weighted by Crippen LogP contribution is -2.50. The quantitative estimate of drug-likeness (QED) is 0.200. The first-order chi connectivity index (χ1) is 18.1. The Hall–Kier alpha value is -0.280. The molecule has 216 valence electrons. The first-order valence-electron chi connectivity index (χ1n) is 16.1. The first kappa shape index (κ1) is 30.7. The summed E-state index contributed by atoms with van der Waals surface area (Å²) >= 11 is 0. The van der Waals surface area contributed by atoms with E-state index >= 15 is 0 Å². The molecular formula is C35H59NS2. The molecule has 8 atom stereocenters. The number of hydrogen-bond acceptors (Lipinski definition) is 3. The predicted octanol–water partition coefficient (Wildman–Crippen LogP) is 11.2. The van der Waals surface area contributed by atoms with Crippen LogP contribution in [-0.4, -0.2) is 11.0 Å². The van der Waals surface area contributed by atoms with Crippen LogP contribution in [-0.2, 0) is 0 Å². The molecule has 3 heteroatoms. The summed E-state index contributed by atoms with van der Waals surface area (Å²) in [5.41, 5.74) is 5.58. The molecule has 1 nitrogen and oxygen atoms in total. The largest absolute Gasteiger partial charge is 0.365 e. The summed E-state index contributed by atoms with van der Waals surface area (Å²) in [7, 11) is 4.22. The third-order valence-electron chi connectivity index (χ3n) is 11.6. The van der Waals surface area contributed by atoms with E-state index < -0.39 is 0 Å². The molecule has 4 aliphatic rings. The van der Waals surface area contributed by atoms with E-state index in [1.807, 2.05) is 5.57 Å². The molecule has 0 radical (unpaired) electrons. The van der Waals surface area contributed by atoms with E-state index in [-0.39, 0.29) is 0 Å². The van der Waals surface area contributed by atoms with E-state index in [4.69, 9.17) is 0 Å². The van der Waals surface area contributed by atoms with Gasteiger partial charge in [0.15, 0.2) is 0 Å². The van der Waals surface area contributed by atoms with Crippen molar-refractivity contribution in [2.45, 2.75) is 131 Å². The molecule has 8 unspecified atom stereocenters. The molecule has 0 spiro atoms. The van der Waals surface area contributed by atoms with Crippen LogP contribution in [0.2, 0.25) is 0 Å². The van der Waals surface area contributed by atoms with E-state index in [0.29, 0.717) is 10.8 Å². The van der Waals surface area contributed by atoms with Crippen LogP contribution < -0.4 is 5.32 Å². The van der Waals surface area contributed by atoms with Crippen LogP contribution in [0.25, 0.3) is 0 Å². The van der Waals surface area contributed by atoms with Gasteiger partial charge in [-0.2, -0.15) is 0 Å². The maximum atomic E-state index is 3.49. The van der Waals surface area contributed by atoms with E-state index in [0.717, 1.165) is 46.5 Å². The van der Waals surface area contributed by atoms with Gasteiger partial charge in [-0.1, -0.05) is 98.8 Å². The maximum absolute atomic E-state index is 3.49. The molecule has 0 aromatic heterocycles. The number of fused-ring (bicyclic) bond motifs is 5. The van der Waals surface area contributed by atoms with Crippen molar-refractivity contribution in [3.05, 3.63) is 35.2 Å². The van der Waals surface area contributed by atoms with Crippen LogP contribution in [0.3, 0.4) is 0 Å². The van der Waals surface area contributed by atoms with Crippen LogP contribution in [0.4, 0.5) is 0 Å². The van der Waals surface area contributed by atoms with Crippen molar-refractivity contribution in [3.63, 3.8) is 0 Å². The topological polar surface area (TPSA) is 12.0 Å². The van der Waals surface area contributed by atoms with Gasteiger partial charge in [0.05, 0.1) is 0 Å². The minimum Gasteiger partial charge on any atom is -0.365 e. The third kappa shape index (κ3) is 6.61. The molecule has 0 aromatic rings. The Bertz CT molecular complexity index is 882. The van der Waals surface area contributed by atoms with Crippen molar-refractivity contribution < 1.29 is 0 Å². The standard InChI is InChI=1S/C35H59NS2/c1-9-28(36-22-25(4)5)23-37-38-29-17-19-34(7)27(21-29)13-14-30-32-16-15-31(26(6)12-10-11-24(2)3)35(32,8)20-18-33(30)34/h9,13,22,24,26,29-33,36H,10-12,14-21,23H2,1-8H3/b28-9-. The summed E-state index contributed by atoms with van der Waals surface area (Å²) in [6.07, 6.45) is 23.0. The lowest BCUT2D eigenvalue weighted by Gasteiger charge is -2.58. The Morgan fingerprint density at radius 2 is 1.84 bits per heavy atom. The van der Waals surface area contributed by atoms with Gasteiger partial charge in [0.25, 0.3) is 0 Å². The minimum atomic E-state index is 0.479. The smallest absolute Gasteiger partial charge is 0.0436 e. The van der Waals surface area contributed by atoms with Crippen molar-refractivity contribution in [3.8, 4) is 0 Å². The lowest BCUT2D eigenvalue weighted by molar-refractivity contribution is -0.0497. The molecule has 4 rings (SSSR count). The van der Waals surface area contributed by atoms with Gasteiger partial charge in [0.1, 0.15) is 0 Å². The van der Waals surface area contributed by atoms with Gasteiger partial charge in [-0.3, -0.25) is 0 Å². The van der Waals surface area contributed by atoms with E-state index in [1.54, 1.807) is 0 Å². The van der Waals surface area contributed by atoms with Crippen LogP contribution >= 0.6 is 21.6 Å². The fourth-order valence-corrected chi connectivity index (χ4v) is 12.1. The monoisotopic (exact) mass is 557 g/mol. The zero-order valence-corrected chi connectivity index (χ0v) is 27.7. The molecule has 0 saturated heterocycles. The normalized spacial score (nSPS) is 37.7. The van der Waals surface area contributed by atoms with Crippen LogP contribution in [0.1, 0.15) is 126 Å². The average Bonchev–Trinajstić information content (AvgIpc) is 3.23. The zero-order chi connectivity index (χ0) is 27.5.